The largest absolute Gasteiger partial charge is 0.465 e. The molecule has 7 nitrogen and oxygen atoms in total. The first-order valence-electron chi connectivity index (χ1n) is 12.7. The lowest BCUT2D eigenvalue weighted by atomic mass is 9.86. The molecule has 0 spiro atoms. The number of allylic oxidation sites excluding steroid dienone is 1. The molecule has 2 aromatic rings. The van der Waals surface area contributed by atoms with Crippen LogP contribution in [0, 0.1) is 0 Å². The molecule has 0 aliphatic carbocycles. The summed E-state index contributed by atoms with van der Waals surface area (Å²) in [6.45, 7) is 7.62. The van der Waals surface area contributed by atoms with Crippen molar-refractivity contribution in [3.63, 3.8) is 0 Å². The molecule has 0 radical (unpaired) electrons. The SMILES string of the molecule is CCCCC(CCO/N=C(C)/C=C1/C(=O)N(c2ccc(C(=O)OC)cc2)C1c1ccccc1)NCC. The molecular formula is C29H37N3O4. The van der Waals surface area contributed by atoms with E-state index in [1.165, 1.54) is 20.0 Å². The number of carbonyl (C=O) groups is 2. The lowest BCUT2D eigenvalue weighted by Crippen LogP contribution is -2.49. The first-order valence-corrected chi connectivity index (χ1v) is 12.7. The number of amides is 1. The average molecular weight is 492 g/mol. The lowest BCUT2D eigenvalue weighted by Gasteiger charge is -2.43. The molecule has 1 fully saturated rings. The van der Waals surface area contributed by atoms with Crippen LogP contribution in [-0.2, 0) is 14.4 Å². The molecule has 192 valence electrons. The zero-order chi connectivity index (χ0) is 25.9. The molecule has 1 heterocycles. The van der Waals surface area contributed by atoms with Gasteiger partial charge in [0, 0.05) is 17.3 Å². The number of rotatable bonds is 13. The van der Waals surface area contributed by atoms with E-state index in [0.717, 1.165) is 24.9 Å². The summed E-state index contributed by atoms with van der Waals surface area (Å²) >= 11 is 0. The minimum Gasteiger partial charge on any atom is -0.465 e. The molecule has 1 N–H and O–H groups in total. The number of unbranched alkanes of at least 4 members (excludes halogenated alkanes) is 1. The van der Waals surface area contributed by atoms with Crippen molar-refractivity contribution in [1.82, 2.24) is 5.32 Å². The van der Waals surface area contributed by atoms with Crippen LogP contribution in [0.3, 0.4) is 0 Å². The summed E-state index contributed by atoms with van der Waals surface area (Å²) in [7, 11) is 1.35. The van der Waals surface area contributed by atoms with Gasteiger partial charge in [0.2, 0.25) is 0 Å². The van der Waals surface area contributed by atoms with Gasteiger partial charge in [0.15, 0.2) is 0 Å². The van der Waals surface area contributed by atoms with E-state index in [-0.39, 0.29) is 11.9 Å². The van der Waals surface area contributed by atoms with Crippen molar-refractivity contribution >= 4 is 23.3 Å². The zero-order valence-electron chi connectivity index (χ0n) is 21.7. The van der Waals surface area contributed by atoms with Crippen molar-refractivity contribution in [2.45, 2.75) is 58.5 Å². The highest BCUT2D eigenvalue weighted by Crippen LogP contribution is 2.43. The fourth-order valence-electron chi connectivity index (χ4n) is 4.37. The number of anilines is 1. The van der Waals surface area contributed by atoms with Crippen molar-refractivity contribution in [2.24, 2.45) is 5.16 Å². The Morgan fingerprint density at radius 2 is 1.83 bits per heavy atom. The molecule has 0 aromatic heterocycles. The Labute approximate surface area is 214 Å². The third-order valence-corrected chi connectivity index (χ3v) is 6.23. The number of benzene rings is 2. The zero-order valence-corrected chi connectivity index (χ0v) is 21.7. The highest BCUT2D eigenvalue weighted by Gasteiger charge is 2.43. The third kappa shape index (κ3) is 6.82. The number of esters is 1. The Morgan fingerprint density at radius 1 is 1.11 bits per heavy atom. The Balaban J connectivity index is 1.73. The number of nitrogens with one attached hydrogen (secondary N) is 1. The van der Waals surface area contributed by atoms with Crippen LogP contribution in [0.1, 0.15) is 68.4 Å². The molecule has 3 rings (SSSR count). The number of nitrogens with zero attached hydrogens (tertiary/aromatic N) is 2. The van der Waals surface area contributed by atoms with Crippen LogP contribution in [-0.4, -0.2) is 43.9 Å². The Kier molecular flexibility index (Phi) is 10.2. The predicted octanol–water partition coefficient (Wildman–Crippen LogP) is 5.44. The van der Waals surface area contributed by atoms with E-state index in [2.05, 4.69) is 24.3 Å². The molecule has 1 saturated heterocycles. The molecule has 7 heteroatoms. The van der Waals surface area contributed by atoms with Crippen LogP contribution in [0.25, 0.3) is 0 Å². The van der Waals surface area contributed by atoms with Gasteiger partial charge in [-0.25, -0.2) is 4.79 Å². The summed E-state index contributed by atoms with van der Waals surface area (Å²) in [6.07, 6.45) is 6.19. The smallest absolute Gasteiger partial charge is 0.337 e. The van der Waals surface area contributed by atoms with Crippen molar-refractivity contribution in [2.75, 3.05) is 25.2 Å². The van der Waals surface area contributed by atoms with Crippen molar-refractivity contribution in [3.8, 4) is 0 Å². The van der Waals surface area contributed by atoms with E-state index < -0.39 is 5.97 Å². The second kappa shape index (κ2) is 13.6. The van der Waals surface area contributed by atoms with Crippen LogP contribution in [0.15, 0.2) is 71.4 Å². The van der Waals surface area contributed by atoms with Crippen LogP contribution in [0.2, 0.25) is 0 Å². The van der Waals surface area contributed by atoms with Crippen LogP contribution >= 0.6 is 0 Å². The average Bonchev–Trinajstić information content (AvgIpc) is 2.91. The summed E-state index contributed by atoms with van der Waals surface area (Å²) in [5.41, 5.74) is 3.45. The van der Waals surface area contributed by atoms with Gasteiger partial charge in [-0.05, 0) is 62.2 Å². The number of hydrogen-bond donors (Lipinski definition) is 1. The Morgan fingerprint density at radius 3 is 2.47 bits per heavy atom. The summed E-state index contributed by atoms with van der Waals surface area (Å²) < 4.78 is 4.77. The van der Waals surface area contributed by atoms with E-state index in [4.69, 9.17) is 9.57 Å². The molecule has 0 saturated carbocycles. The molecule has 2 aromatic carbocycles. The molecule has 2 unspecified atom stereocenters. The van der Waals surface area contributed by atoms with Gasteiger partial charge in [-0.15, -0.1) is 0 Å². The maximum atomic E-state index is 13.2. The number of carbonyl (C=O) groups excluding carboxylic acids is 2. The van der Waals surface area contributed by atoms with Gasteiger partial charge in [-0.2, -0.15) is 0 Å². The van der Waals surface area contributed by atoms with Gasteiger partial charge < -0.3 is 14.9 Å². The second-order valence-corrected chi connectivity index (χ2v) is 8.88. The topological polar surface area (TPSA) is 80.2 Å². The maximum absolute atomic E-state index is 13.2. The second-order valence-electron chi connectivity index (χ2n) is 8.88. The minimum atomic E-state index is -0.411. The standard InChI is InChI=1S/C29H37N3O4/c1-5-7-13-24(30-6-2)18-19-36-31-21(3)20-26-27(22-11-9-8-10-12-22)32(28(26)33)25-16-14-23(15-17-25)29(34)35-4/h8-12,14-17,20,24,27,30H,5-7,13,18-19H2,1-4H3/b26-20+,31-21+. The predicted molar refractivity (Wildman–Crippen MR) is 143 cm³/mol. The van der Waals surface area contributed by atoms with Gasteiger partial charge in [0.1, 0.15) is 6.61 Å². The molecule has 2 atom stereocenters. The highest BCUT2D eigenvalue weighted by molar-refractivity contribution is 6.18. The Hall–Kier alpha value is -3.45. The van der Waals surface area contributed by atoms with Gasteiger partial charge >= 0.3 is 5.97 Å². The highest BCUT2D eigenvalue weighted by atomic mass is 16.6. The first kappa shape index (κ1) is 27.1. The summed E-state index contributed by atoms with van der Waals surface area (Å²) in [5, 5.41) is 7.75. The van der Waals surface area contributed by atoms with Gasteiger partial charge in [0.05, 0.1) is 24.4 Å². The number of oxime groups is 1. The van der Waals surface area contributed by atoms with Crippen LogP contribution < -0.4 is 10.2 Å². The molecule has 1 aliphatic rings. The molecule has 1 amide bonds. The van der Waals surface area contributed by atoms with E-state index in [1.54, 1.807) is 35.2 Å². The van der Waals surface area contributed by atoms with Gasteiger partial charge in [0.25, 0.3) is 5.91 Å². The molecule has 1 aliphatic heterocycles. The summed E-state index contributed by atoms with van der Waals surface area (Å²) in [6, 6.07) is 16.9. The van der Waals surface area contributed by atoms with E-state index in [1.807, 2.05) is 37.3 Å². The van der Waals surface area contributed by atoms with Gasteiger partial charge in [-0.1, -0.05) is 62.2 Å². The fraction of sp³-hybridized carbons (Fsp3) is 0.414. The van der Waals surface area contributed by atoms with Crippen LogP contribution in [0.5, 0.6) is 0 Å². The molecule has 36 heavy (non-hydrogen) atoms. The molecular weight excluding hydrogens is 454 g/mol. The number of ether oxygens (including phenoxy) is 1. The Bertz CT molecular complexity index is 1060. The monoisotopic (exact) mass is 491 g/mol. The minimum absolute atomic E-state index is 0.101. The van der Waals surface area contributed by atoms with E-state index in [9.17, 15) is 9.59 Å². The van der Waals surface area contributed by atoms with Crippen molar-refractivity contribution in [3.05, 3.63) is 77.4 Å². The summed E-state index contributed by atoms with van der Waals surface area (Å²) in [5.74, 6) is -0.512. The van der Waals surface area contributed by atoms with Crippen molar-refractivity contribution < 1.29 is 19.2 Å². The summed E-state index contributed by atoms with van der Waals surface area (Å²) in [4.78, 5) is 32.3. The van der Waals surface area contributed by atoms with E-state index >= 15 is 0 Å². The van der Waals surface area contributed by atoms with Crippen LogP contribution in [0.4, 0.5) is 5.69 Å². The third-order valence-electron chi connectivity index (χ3n) is 6.23. The lowest BCUT2D eigenvalue weighted by molar-refractivity contribution is -0.119. The van der Waals surface area contributed by atoms with E-state index in [0.29, 0.717) is 35.2 Å². The number of β-lactam (4-membered cyclic amide) rings is 1. The number of hydrogen-bond acceptors (Lipinski definition) is 6. The quantitative estimate of drug-likeness (QED) is 0.101. The fourth-order valence-corrected chi connectivity index (χ4v) is 4.37. The maximum Gasteiger partial charge on any atom is 0.337 e. The normalized spacial score (nSPS) is 17.6. The number of methoxy groups -OCH3 is 1. The first-order chi connectivity index (χ1) is 17.5. The van der Waals surface area contributed by atoms with Gasteiger partial charge in [-0.3, -0.25) is 9.69 Å². The molecule has 0 bridgehead atoms. The van der Waals surface area contributed by atoms with Crippen molar-refractivity contribution in [1.29, 1.82) is 0 Å².